The average molecular weight is 291 g/mol. The van der Waals surface area contributed by atoms with Gasteiger partial charge in [0.25, 0.3) is 0 Å². The molecule has 0 aliphatic carbocycles. The monoisotopic (exact) mass is 291 g/mol. The second kappa shape index (κ2) is 7.15. The van der Waals surface area contributed by atoms with E-state index in [9.17, 15) is 0 Å². The van der Waals surface area contributed by atoms with E-state index in [0.717, 1.165) is 12.3 Å². The molecule has 0 amide bonds. The summed E-state index contributed by atoms with van der Waals surface area (Å²) in [5.41, 5.74) is 4.02. The minimum absolute atomic E-state index is 0.319. The van der Waals surface area contributed by atoms with Crippen LogP contribution >= 0.6 is 7.92 Å². The van der Waals surface area contributed by atoms with Gasteiger partial charge in [-0.15, -0.1) is 0 Å². The molecule has 0 spiro atoms. The number of aromatic nitrogens is 1. The van der Waals surface area contributed by atoms with Gasteiger partial charge >= 0.3 is 0 Å². The maximum Gasteiger partial charge on any atom is 0.0637 e. The fourth-order valence-electron chi connectivity index (χ4n) is 2.37. The zero-order chi connectivity index (χ0) is 14.3. The van der Waals surface area contributed by atoms with Crippen molar-refractivity contribution in [2.24, 2.45) is 0 Å². The summed E-state index contributed by atoms with van der Waals surface area (Å²) in [7, 11) is -0.319. The van der Waals surface area contributed by atoms with Crippen LogP contribution in [-0.4, -0.2) is 4.98 Å². The third-order valence-corrected chi connectivity index (χ3v) is 5.81. The molecule has 2 heteroatoms. The van der Waals surface area contributed by atoms with Crippen LogP contribution < -0.4 is 5.44 Å². The van der Waals surface area contributed by atoms with Crippen molar-refractivity contribution in [2.45, 2.75) is 12.3 Å². The van der Waals surface area contributed by atoms with Gasteiger partial charge in [-0.25, -0.2) is 0 Å². The molecule has 3 rings (SSSR count). The molecule has 0 saturated carbocycles. The van der Waals surface area contributed by atoms with Gasteiger partial charge in [-0.05, 0) is 43.5 Å². The van der Waals surface area contributed by atoms with Crippen LogP contribution in [0.4, 0.5) is 0 Å². The Bertz CT molecular complexity index is 611. The lowest BCUT2D eigenvalue weighted by molar-refractivity contribution is 1.30. The fourth-order valence-corrected chi connectivity index (χ4v) is 4.63. The Morgan fingerprint density at radius 3 is 1.62 bits per heavy atom. The first-order chi connectivity index (χ1) is 10.4. The second-order valence-electron chi connectivity index (χ2n) is 5.02. The van der Waals surface area contributed by atoms with Crippen molar-refractivity contribution in [1.82, 2.24) is 4.98 Å². The summed E-state index contributed by atoms with van der Waals surface area (Å²) >= 11 is 0. The highest BCUT2D eigenvalue weighted by Gasteiger charge is 2.13. The molecule has 0 bridgehead atoms. The summed E-state index contributed by atoms with van der Waals surface area (Å²) in [5, 5.41) is 0. The van der Waals surface area contributed by atoms with E-state index < -0.39 is 0 Å². The smallest absolute Gasteiger partial charge is 0.0637 e. The molecule has 0 aliphatic heterocycles. The minimum Gasteiger partial charge on any atom is -0.257 e. The topological polar surface area (TPSA) is 12.9 Å². The Morgan fingerprint density at radius 2 is 1.14 bits per heavy atom. The van der Waals surface area contributed by atoms with Crippen molar-refractivity contribution in [3.63, 3.8) is 0 Å². The molecule has 0 N–H and O–H groups in total. The SMILES string of the molecule is c1ccc(CP(Cc2ccccc2)c2ccccn2)cc1. The van der Waals surface area contributed by atoms with Gasteiger partial charge in [-0.1, -0.05) is 66.7 Å². The molecule has 2 aromatic carbocycles. The largest absolute Gasteiger partial charge is 0.257 e. The van der Waals surface area contributed by atoms with Crippen molar-refractivity contribution < 1.29 is 0 Å². The molecule has 104 valence electrons. The highest BCUT2D eigenvalue weighted by molar-refractivity contribution is 7.63. The molecule has 21 heavy (non-hydrogen) atoms. The van der Waals surface area contributed by atoms with Crippen LogP contribution in [-0.2, 0) is 12.3 Å². The van der Waals surface area contributed by atoms with Crippen molar-refractivity contribution >= 4 is 13.4 Å². The van der Waals surface area contributed by atoms with Gasteiger partial charge in [-0.3, -0.25) is 4.98 Å². The van der Waals surface area contributed by atoms with Crippen LogP contribution in [0, 0.1) is 0 Å². The summed E-state index contributed by atoms with van der Waals surface area (Å²) < 4.78 is 0. The maximum atomic E-state index is 4.60. The Hall–Kier alpha value is -1.98. The number of nitrogens with zero attached hydrogens (tertiary/aromatic N) is 1. The first kappa shape index (κ1) is 14.0. The highest BCUT2D eigenvalue weighted by Crippen LogP contribution is 2.41. The molecule has 1 nitrogen and oxygen atoms in total. The third-order valence-electron chi connectivity index (χ3n) is 3.41. The molecule has 0 saturated heterocycles. The first-order valence-corrected chi connectivity index (χ1v) is 8.87. The van der Waals surface area contributed by atoms with E-state index in [1.807, 2.05) is 12.3 Å². The molecule has 3 aromatic rings. The average Bonchev–Trinajstić information content (AvgIpc) is 2.57. The van der Waals surface area contributed by atoms with Gasteiger partial charge in [0.1, 0.15) is 0 Å². The zero-order valence-electron chi connectivity index (χ0n) is 11.9. The van der Waals surface area contributed by atoms with Crippen LogP contribution in [0.2, 0.25) is 0 Å². The van der Waals surface area contributed by atoms with E-state index in [1.54, 1.807) is 0 Å². The lowest BCUT2D eigenvalue weighted by Crippen LogP contribution is -2.08. The maximum absolute atomic E-state index is 4.60. The molecule has 0 aliphatic rings. The van der Waals surface area contributed by atoms with Gasteiger partial charge in [-0.2, -0.15) is 0 Å². The predicted molar refractivity (Wildman–Crippen MR) is 91.1 cm³/mol. The van der Waals surface area contributed by atoms with Gasteiger partial charge in [0.05, 0.1) is 5.44 Å². The van der Waals surface area contributed by atoms with Crippen LogP contribution in [0.5, 0.6) is 0 Å². The number of hydrogen-bond acceptors (Lipinski definition) is 1. The van der Waals surface area contributed by atoms with Crippen molar-refractivity contribution in [3.8, 4) is 0 Å². The molecular formula is C19H18NP. The highest BCUT2D eigenvalue weighted by atomic mass is 31.1. The number of rotatable bonds is 5. The Morgan fingerprint density at radius 1 is 0.619 bits per heavy atom. The standard InChI is InChI=1S/C19H18NP/c1-3-9-17(10-4-1)15-21(19-13-7-8-14-20-19)16-18-11-5-2-6-12-18/h1-14H,15-16H2. The third kappa shape index (κ3) is 4.00. The lowest BCUT2D eigenvalue weighted by Gasteiger charge is -2.17. The van der Waals surface area contributed by atoms with Gasteiger partial charge < -0.3 is 0 Å². The summed E-state index contributed by atoms with van der Waals surface area (Å²) in [6.07, 6.45) is 4.07. The molecule has 0 fully saturated rings. The van der Waals surface area contributed by atoms with E-state index in [2.05, 4.69) is 77.8 Å². The molecule has 0 atom stereocenters. The molecule has 0 radical (unpaired) electrons. The molecule has 1 aromatic heterocycles. The van der Waals surface area contributed by atoms with Crippen LogP contribution in [0.15, 0.2) is 85.1 Å². The lowest BCUT2D eigenvalue weighted by atomic mass is 10.2. The first-order valence-electron chi connectivity index (χ1n) is 7.16. The van der Waals surface area contributed by atoms with Crippen LogP contribution in [0.1, 0.15) is 11.1 Å². The van der Waals surface area contributed by atoms with E-state index in [0.29, 0.717) is 0 Å². The summed E-state index contributed by atoms with van der Waals surface area (Å²) in [6.45, 7) is 0. The summed E-state index contributed by atoms with van der Waals surface area (Å²) in [6, 6.07) is 27.7. The summed E-state index contributed by atoms with van der Waals surface area (Å²) in [5.74, 6) is 0. The van der Waals surface area contributed by atoms with Crippen LogP contribution in [0.25, 0.3) is 0 Å². The Labute approximate surface area is 127 Å². The predicted octanol–water partition coefficient (Wildman–Crippen LogP) is 4.59. The summed E-state index contributed by atoms with van der Waals surface area (Å²) in [4.78, 5) is 4.60. The van der Waals surface area contributed by atoms with Gasteiger partial charge in [0.15, 0.2) is 0 Å². The van der Waals surface area contributed by atoms with E-state index in [4.69, 9.17) is 0 Å². The second-order valence-corrected chi connectivity index (χ2v) is 7.19. The molecule has 1 heterocycles. The molecule has 0 unspecified atom stereocenters. The van der Waals surface area contributed by atoms with E-state index in [1.165, 1.54) is 16.6 Å². The van der Waals surface area contributed by atoms with Crippen molar-refractivity contribution in [1.29, 1.82) is 0 Å². The number of pyridine rings is 1. The van der Waals surface area contributed by atoms with Gasteiger partial charge in [0, 0.05) is 6.20 Å². The minimum atomic E-state index is -0.319. The normalized spacial score (nSPS) is 10.7. The fraction of sp³-hybridized carbons (Fsp3) is 0.105. The Kier molecular flexibility index (Phi) is 4.76. The molecular weight excluding hydrogens is 273 g/mol. The zero-order valence-corrected chi connectivity index (χ0v) is 12.8. The Balaban J connectivity index is 1.84. The quantitative estimate of drug-likeness (QED) is 0.627. The van der Waals surface area contributed by atoms with Crippen molar-refractivity contribution in [2.75, 3.05) is 0 Å². The van der Waals surface area contributed by atoms with Crippen molar-refractivity contribution in [3.05, 3.63) is 96.2 Å². The van der Waals surface area contributed by atoms with Crippen LogP contribution in [0.3, 0.4) is 0 Å². The number of hydrogen-bond donors (Lipinski definition) is 0. The van der Waals surface area contributed by atoms with E-state index in [-0.39, 0.29) is 7.92 Å². The van der Waals surface area contributed by atoms with E-state index >= 15 is 0 Å². The van der Waals surface area contributed by atoms with Gasteiger partial charge in [0.2, 0.25) is 0 Å². The number of benzene rings is 2.